The molecule has 2 aromatic carbocycles. The SMILES string of the molecule is CC(C)C(NC(=O)C(C)n1cccc(NC(=O)OC(C)(C)C)c1=O)P(=O)(Oc1ccccc1)Oc1ccccc1. The monoisotopic (exact) mass is 569 g/mol. The number of nitrogens with zero attached hydrogens (tertiary/aromatic N) is 1. The van der Waals surface area contributed by atoms with Gasteiger partial charge in [-0.15, -0.1) is 0 Å². The number of carbonyl (C=O) groups excluding carboxylic acids is 2. The molecule has 0 fully saturated rings. The van der Waals surface area contributed by atoms with Gasteiger partial charge in [-0.25, -0.2) is 9.36 Å². The van der Waals surface area contributed by atoms with Gasteiger partial charge in [-0.2, -0.15) is 0 Å². The third kappa shape index (κ3) is 8.23. The van der Waals surface area contributed by atoms with Crippen LogP contribution >= 0.6 is 7.60 Å². The molecule has 2 unspecified atom stereocenters. The molecule has 3 aromatic rings. The minimum Gasteiger partial charge on any atom is -0.444 e. The van der Waals surface area contributed by atoms with Crippen molar-refractivity contribution in [1.29, 1.82) is 0 Å². The first-order valence-corrected chi connectivity index (χ1v) is 14.5. The molecule has 3 rings (SSSR count). The summed E-state index contributed by atoms with van der Waals surface area (Å²) in [4.78, 5) is 38.8. The van der Waals surface area contributed by atoms with Crippen LogP contribution in [0.25, 0.3) is 0 Å². The second-order valence-corrected chi connectivity index (χ2v) is 12.5. The molecule has 214 valence electrons. The Morgan fingerprint density at radius 1 is 0.850 bits per heavy atom. The summed E-state index contributed by atoms with van der Waals surface area (Å²) in [6, 6.07) is 19.0. The highest BCUT2D eigenvalue weighted by Crippen LogP contribution is 2.54. The van der Waals surface area contributed by atoms with Crippen LogP contribution in [0.15, 0.2) is 83.8 Å². The third-order valence-electron chi connectivity index (χ3n) is 5.62. The molecule has 2 N–H and O–H groups in total. The van der Waals surface area contributed by atoms with E-state index in [1.165, 1.54) is 29.8 Å². The Bertz CT molecular complexity index is 1360. The average molecular weight is 570 g/mol. The highest BCUT2D eigenvalue weighted by atomic mass is 31.2. The van der Waals surface area contributed by atoms with Crippen molar-refractivity contribution in [2.24, 2.45) is 5.92 Å². The summed E-state index contributed by atoms with van der Waals surface area (Å²) in [5.41, 5.74) is -1.42. The smallest absolute Gasteiger partial charge is 0.444 e. The molecule has 0 saturated carbocycles. The predicted octanol–water partition coefficient (Wildman–Crippen LogP) is 6.21. The van der Waals surface area contributed by atoms with Crippen molar-refractivity contribution in [3.8, 4) is 11.5 Å². The molecule has 0 spiro atoms. The van der Waals surface area contributed by atoms with Gasteiger partial charge in [0.2, 0.25) is 5.91 Å². The summed E-state index contributed by atoms with van der Waals surface area (Å²) in [5.74, 6) is -1.42. The topological polar surface area (TPSA) is 125 Å². The summed E-state index contributed by atoms with van der Waals surface area (Å²) in [6.07, 6.45) is 0.633. The standard InChI is InChI=1S/C29H36N3O7P/c1-20(2)26(40(36,38-22-14-9-7-10-15-22)39-23-16-11-8-12-17-23)31-25(33)21(3)32-19-13-18-24(27(32)34)30-28(35)37-29(4,5)6/h7-21,26H,1-6H3,(H,30,35)(H,31,33). The lowest BCUT2D eigenvalue weighted by Crippen LogP contribution is -2.45. The summed E-state index contributed by atoms with van der Waals surface area (Å²) < 4.78 is 32.6. The second kappa shape index (κ2) is 12.9. The van der Waals surface area contributed by atoms with Crippen molar-refractivity contribution < 1.29 is 27.9 Å². The van der Waals surface area contributed by atoms with Gasteiger partial charge in [-0.3, -0.25) is 14.9 Å². The molecule has 0 aliphatic carbocycles. The Balaban J connectivity index is 1.88. The van der Waals surface area contributed by atoms with Crippen LogP contribution < -0.4 is 25.2 Å². The Morgan fingerprint density at radius 2 is 1.38 bits per heavy atom. The van der Waals surface area contributed by atoms with Gasteiger partial charge in [0.05, 0.1) is 0 Å². The largest absolute Gasteiger partial charge is 0.453 e. The molecule has 11 heteroatoms. The number of nitrogens with one attached hydrogen (secondary N) is 2. The number of para-hydroxylation sites is 2. The molecule has 2 amide bonds. The average Bonchev–Trinajstić information content (AvgIpc) is 2.87. The van der Waals surface area contributed by atoms with Crippen molar-refractivity contribution in [3.05, 3.63) is 89.3 Å². The van der Waals surface area contributed by atoms with Crippen molar-refractivity contribution in [2.45, 2.75) is 59.0 Å². The number of ether oxygens (including phenoxy) is 1. The molecule has 2 atom stereocenters. The Labute approximate surface area is 234 Å². The van der Waals surface area contributed by atoms with Crippen LogP contribution in [-0.4, -0.2) is 28.0 Å². The second-order valence-electron chi connectivity index (χ2n) is 10.5. The van der Waals surface area contributed by atoms with E-state index in [-0.39, 0.29) is 11.6 Å². The number of hydrogen-bond acceptors (Lipinski definition) is 7. The maximum Gasteiger partial charge on any atom is 0.453 e. The minimum absolute atomic E-state index is 0.0534. The number of pyridine rings is 1. The van der Waals surface area contributed by atoms with E-state index < -0.39 is 42.6 Å². The van der Waals surface area contributed by atoms with Crippen LogP contribution in [0.5, 0.6) is 11.5 Å². The summed E-state index contributed by atoms with van der Waals surface area (Å²) in [6.45, 7) is 10.2. The fourth-order valence-corrected chi connectivity index (χ4v) is 5.83. The van der Waals surface area contributed by atoms with E-state index in [1.54, 1.807) is 95.3 Å². The molecule has 0 aliphatic heterocycles. The van der Waals surface area contributed by atoms with E-state index >= 15 is 0 Å². The van der Waals surface area contributed by atoms with E-state index in [2.05, 4.69) is 10.6 Å². The third-order valence-corrected chi connectivity index (χ3v) is 7.96. The number of amides is 2. The first-order chi connectivity index (χ1) is 18.8. The van der Waals surface area contributed by atoms with Crippen LogP contribution in [0.2, 0.25) is 0 Å². The quantitative estimate of drug-likeness (QED) is 0.278. The van der Waals surface area contributed by atoms with Gasteiger partial charge in [0.1, 0.15) is 28.8 Å². The van der Waals surface area contributed by atoms with Crippen LogP contribution in [0, 0.1) is 5.92 Å². The first kappa shape index (κ1) is 30.5. The maximum atomic E-state index is 14.4. The highest BCUT2D eigenvalue weighted by molar-refractivity contribution is 7.55. The molecule has 10 nitrogen and oxygen atoms in total. The van der Waals surface area contributed by atoms with Gasteiger partial charge >= 0.3 is 13.7 Å². The minimum atomic E-state index is -4.07. The predicted molar refractivity (Wildman–Crippen MR) is 154 cm³/mol. The van der Waals surface area contributed by atoms with Crippen molar-refractivity contribution in [2.75, 3.05) is 5.32 Å². The summed E-state index contributed by atoms with van der Waals surface area (Å²) >= 11 is 0. The maximum absolute atomic E-state index is 14.4. The van der Waals surface area contributed by atoms with Gasteiger partial charge in [-0.05, 0) is 70.0 Å². The van der Waals surface area contributed by atoms with Crippen molar-refractivity contribution in [1.82, 2.24) is 9.88 Å². The van der Waals surface area contributed by atoms with Crippen LogP contribution in [-0.2, 0) is 14.1 Å². The molecular formula is C29H36N3O7P. The molecule has 0 radical (unpaired) electrons. The lowest BCUT2D eigenvalue weighted by molar-refractivity contribution is -0.124. The van der Waals surface area contributed by atoms with Gasteiger partial charge in [0, 0.05) is 6.20 Å². The highest BCUT2D eigenvalue weighted by Gasteiger charge is 2.43. The van der Waals surface area contributed by atoms with Gasteiger partial charge in [-0.1, -0.05) is 50.2 Å². The Hall–Kier alpha value is -4.04. The van der Waals surface area contributed by atoms with Crippen LogP contribution in [0.4, 0.5) is 10.5 Å². The lowest BCUT2D eigenvalue weighted by atomic mass is 10.2. The molecular weight excluding hydrogens is 533 g/mol. The molecule has 1 aromatic heterocycles. The molecule has 0 bridgehead atoms. The van der Waals surface area contributed by atoms with Gasteiger partial charge in [0.15, 0.2) is 5.78 Å². The Morgan fingerprint density at radius 3 is 1.85 bits per heavy atom. The zero-order valence-electron chi connectivity index (χ0n) is 23.5. The molecule has 0 aliphatic rings. The van der Waals surface area contributed by atoms with Crippen LogP contribution in [0.3, 0.4) is 0 Å². The number of rotatable bonds is 10. The Kier molecular flexibility index (Phi) is 9.82. The summed E-state index contributed by atoms with van der Waals surface area (Å²) in [7, 11) is -4.07. The molecule has 1 heterocycles. The number of carbonyl (C=O) groups is 2. The first-order valence-electron chi connectivity index (χ1n) is 12.9. The number of aromatic nitrogens is 1. The van der Waals surface area contributed by atoms with E-state index in [0.717, 1.165) is 0 Å². The number of hydrogen-bond donors (Lipinski definition) is 2. The fraction of sp³-hybridized carbons (Fsp3) is 0.345. The molecule has 40 heavy (non-hydrogen) atoms. The van der Waals surface area contributed by atoms with Crippen LogP contribution in [0.1, 0.15) is 47.6 Å². The van der Waals surface area contributed by atoms with E-state index in [4.69, 9.17) is 13.8 Å². The van der Waals surface area contributed by atoms with Gasteiger partial charge in [0.25, 0.3) is 5.56 Å². The summed E-state index contributed by atoms with van der Waals surface area (Å²) in [5, 5.41) is 5.22. The zero-order chi connectivity index (χ0) is 29.5. The normalized spacial score (nSPS) is 13.2. The fourth-order valence-electron chi connectivity index (χ4n) is 3.72. The number of anilines is 1. The van der Waals surface area contributed by atoms with Gasteiger partial charge < -0.3 is 23.7 Å². The lowest BCUT2D eigenvalue weighted by Gasteiger charge is -2.31. The van der Waals surface area contributed by atoms with E-state index in [0.29, 0.717) is 11.5 Å². The number of benzene rings is 2. The van der Waals surface area contributed by atoms with Crippen molar-refractivity contribution in [3.63, 3.8) is 0 Å². The molecule has 0 saturated heterocycles. The van der Waals surface area contributed by atoms with Crippen molar-refractivity contribution >= 4 is 25.3 Å². The van der Waals surface area contributed by atoms with E-state index in [9.17, 15) is 18.9 Å². The van der Waals surface area contributed by atoms with E-state index in [1.807, 2.05) is 0 Å². The zero-order valence-corrected chi connectivity index (χ0v) is 24.4.